The van der Waals surface area contributed by atoms with Gasteiger partial charge in [0.15, 0.2) is 5.82 Å². The summed E-state index contributed by atoms with van der Waals surface area (Å²) in [5, 5.41) is 15.4. The number of rotatable bonds is 1. The molecule has 0 unspecified atom stereocenters. The van der Waals surface area contributed by atoms with Gasteiger partial charge in [-0.3, -0.25) is 0 Å². The summed E-state index contributed by atoms with van der Waals surface area (Å²) >= 11 is 2.02. The molecule has 2 rings (SSSR count). The minimum absolute atomic E-state index is 0.281. The molecule has 4 nitrogen and oxygen atoms in total. The fourth-order valence-electron chi connectivity index (χ4n) is 1.06. The van der Waals surface area contributed by atoms with E-state index in [2.05, 4.69) is 20.4 Å². The maximum atomic E-state index is 12.9. The Balaban J connectivity index is 2.49. The normalized spacial score (nSPS) is 10.3. The zero-order chi connectivity index (χ0) is 10.8. The molecule has 15 heavy (non-hydrogen) atoms. The number of hydrogen-bond acceptors (Lipinski definition) is 4. The summed E-state index contributed by atoms with van der Waals surface area (Å²) in [7, 11) is 0. The van der Waals surface area contributed by atoms with Crippen LogP contribution in [0.2, 0.25) is 0 Å². The van der Waals surface area contributed by atoms with Crippen LogP contribution in [0.1, 0.15) is 5.82 Å². The van der Waals surface area contributed by atoms with Gasteiger partial charge in [-0.2, -0.15) is 0 Å². The monoisotopic (exact) mass is 316 g/mol. The highest BCUT2D eigenvalue weighted by molar-refractivity contribution is 14.1. The number of halogens is 2. The molecule has 0 fully saturated rings. The third kappa shape index (κ3) is 2.25. The van der Waals surface area contributed by atoms with E-state index in [-0.39, 0.29) is 5.82 Å². The van der Waals surface area contributed by atoms with E-state index in [0.717, 1.165) is 9.13 Å². The van der Waals surface area contributed by atoms with Crippen LogP contribution in [0.5, 0.6) is 0 Å². The molecule has 0 aliphatic carbocycles. The number of hydrogen-bond donors (Lipinski definition) is 0. The molecule has 0 aliphatic rings. The number of aryl methyl sites for hydroxylation is 1. The summed E-state index contributed by atoms with van der Waals surface area (Å²) in [5.74, 6) is 0.636. The Labute approximate surface area is 99.1 Å². The number of nitrogens with zero attached hydrogens (tertiary/aromatic N) is 4. The standard InChI is InChI=1S/C9H6FIN4/c1-5-12-14-9(15-13-5)7-3-2-6(10)4-8(7)11/h2-4H,1H3. The van der Waals surface area contributed by atoms with Crippen molar-refractivity contribution in [2.45, 2.75) is 6.92 Å². The van der Waals surface area contributed by atoms with Gasteiger partial charge in [0.25, 0.3) is 0 Å². The van der Waals surface area contributed by atoms with Crippen LogP contribution in [0, 0.1) is 16.3 Å². The molecule has 0 saturated carbocycles. The van der Waals surface area contributed by atoms with E-state index < -0.39 is 0 Å². The summed E-state index contributed by atoms with van der Waals surface area (Å²) in [6.07, 6.45) is 0. The van der Waals surface area contributed by atoms with E-state index in [9.17, 15) is 4.39 Å². The van der Waals surface area contributed by atoms with Crippen molar-refractivity contribution in [3.05, 3.63) is 33.4 Å². The van der Waals surface area contributed by atoms with E-state index in [1.165, 1.54) is 12.1 Å². The summed E-state index contributed by atoms with van der Waals surface area (Å²) in [6, 6.07) is 4.39. The van der Waals surface area contributed by atoms with Crippen LogP contribution in [0.4, 0.5) is 4.39 Å². The topological polar surface area (TPSA) is 51.6 Å². The molecular formula is C9H6FIN4. The van der Waals surface area contributed by atoms with Crippen molar-refractivity contribution in [1.82, 2.24) is 20.4 Å². The molecule has 0 bridgehead atoms. The summed E-state index contributed by atoms with van der Waals surface area (Å²) < 4.78 is 13.6. The molecule has 0 amide bonds. The SMILES string of the molecule is Cc1nnc(-c2ccc(F)cc2I)nn1. The van der Waals surface area contributed by atoms with Gasteiger partial charge in [-0.15, -0.1) is 20.4 Å². The Morgan fingerprint density at radius 2 is 1.80 bits per heavy atom. The van der Waals surface area contributed by atoms with Gasteiger partial charge in [0.05, 0.1) is 0 Å². The zero-order valence-electron chi connectivity index (χ0n) is 7.78. The molecule has 2 aromatic rings. The van der Waals surface area contributed by atoms with Crippen molar-refractivity contribution in [3.8, 4) is 11.4 Å². The molecule has 6 heteroatoms. The van der Waals surface area contributed by atoms with E-state index in [1.807, 2.05) is 22.6 Å². The van der Waals surface area contributed by atoms with Crippen LogP contribution in [-0.4, -0.2) is 20.4 Å². The predicted octanol–water partition coefficient (Wildman–Crippen LogP) is 1.99. The molecule has 0 atom stereocenters. The van der Waals surface area contributed by atoms with E-state index in [0.29, 0.717) is 11.6 Å². The maximum absolute atomic E-state index is 12.9. The van der Waals surface area contributed by atoms with Crippen molar-refractivity contribution in [3.63, 3.8) is 0 Å². The van der Waals surface area contributed by atoms with Gasteiger partial charge >= 0.3 is 0 Å². The van der Waals surface area contributed by atoms with Crippen LogP contribution in [0.3, 0.4) is 0 Å². The molecule has 76 valence electrons. The number of benzene rings is 1. The first-order valence-corrected chi connectivity index (χ1v) is 5.24. The second-order valence-electron chi connectivity index (χ2n) is 2.89. The highest BCUT2D eigenvalue weighted by Crippen LogP contribution is 2.21. The van der Waals surface area contributed by atoms with Gasteiger partial charge in [0.2, 0.25) is 5.82 Å². The lowest BCUT2D eigenvalue weighted by Gasteiger charge is -2.01. The Hall–Kier alpha value is -1.18. The highest BCUT2D eigenvalue weighted by Gasteiger charge is 2.07. The van der Waals surface area contributed by atoms with Crippen molar-refractivity contribution in [2.75, 3.05) is 0 Å². The lowest BCUT2D eigenvalue weighted by atomic mass is 10.2. The second kappa shape index (κ2) is 4.13. The Morgan fingerprint density at radius 3 is 2.40 bits per heavy atom. The molecule has 0 spiro atoms. The van der Waals surface area contributed by atoms with Crippen LogP contribution in [0.25, 0.3) is 11.4 Å². The van der Waals surface area contributed by atoms with E-state index in [1.54, 1.807) is 13.0 Å². The van der Waals surface area contributed by atoms with Gasteiger partial charge < -0.3 is 0 Å². The lowest BCUT2D eigenvalue weighted by Crippen LogP contribution is -1.99. The van der Waals surface area contributed by atoms with Crippen LogP contribution in [0.15, 0.2) is 18.2 Å². The minimum atomic E-state index is -0.281. The van der Waals surface area contributed by atoms with Crippen LogP contribution >= 0.6 is 22.6 Å². The first kappa shape index (κ1) is 10.3. The molecule has 1 heterocycles. The Kier molecular flexibility index (Phi) is 2.85. The first-order chi connectivity index (χ1) is 7.16. The molecule has 0 radical (unpaired) electrons. The second-order valence-corrected chi connectivity index (χ2v) is 4.06. The van der Waals surface area contributed by atoms with Crippen molar-refractivity contribution in [1.29, 1.82) is 0 Å². The first-order valence-electron chi connectivity index (χ1n) is 4.16. The summed E-state index contributed by atoms with van der Waals surface area (Å²) in [6.45, 7) is 1.71. The van der Waals surface area contributed by atoms with Gasteiger partial charge in [-0.05, 0) is 47.7 Å². The largest absolute Gasteiger partial charge is 0.207 e. The molecule has 0 saturated heterocycles. The van der Waals surface area contributed by atoms with Crippen molar-refractivity contribution in [2.24, 2.45) is 0 Å². The van der Waals surface area contributed by atoms with E-state index in [4.69, 9.17) is 0 Å². The van der Waals surface area contributed by atoms with Gasteiger partial charge in [-0.1, -0.05) is 0 Å². The molecular weight excluding hydrogens is 310 g/mol. The van der Waals surface area contributed by atoms with E-state index >= 15 is 0 Å². The van der Waals surface area contributed by atoms with Gasteiger partial charge in [-0.25, -0.2) is 4.39 Å². The molecule has 1 aromatic carbocycles. The summed E-state index contributed by atoms with van der Waals surface area (Å²) in [5.41, 5.74) is 0.733. The molecule has 0 N–H and O–H groups in total. The average molecular weight is 316 g/mol. The maximum Gasteiger partial charge on any atom is 0.204 e. The fraction of sp³-hybridized carbons (Fsp3) is 0.111. The summed E-state index contributed by atoms with van der Waals surface area (Å²) in [4.78, 5) is 0. The van der Waals surface area contributed by atoms with Crippen LogP contribution in [-0.2, 0) is 0 Å². The molecule has 1 aromatic heterocycles. The highest BCUT2D eigenvalue weighted by atomic mass is 127. The quantitative estimate of drug-likeness (QED) is 0.755. The average Bonchev–Trinajstić information content (AvgIpc) is 2.20. The fourth-order valence-corrected chi connectivity index (χ4v) is 1.78. The number of aromatic nitrogens is 4. The molecule has 0 aliphatic heterocycles. The lowest BCUT2D eigenvalue weighted by molar-refractivity contribution is 0.627. The Bertz CT molecular complexity index is 486. The smallest absolute Gasteiger partial charge is 0.204 e. The Morgan fingerprint density at radius 1 is 1.13 bits per heavy atom. The third-order valence-electron chi connectivity index (χ3n) is 1.75. The zero-order valence-corrected chi connectivity index (χ0v) is 9.93. The van der Waals surface area contributed by atoms with Crippen molar-refractivity contribution >= 4 is 22.6 Å². The third-order valence-corrected chi connectivity index (χ3v) is 2.64. The van der Waals surface area contributed by atoms with Gasteiger partial charge in [0, 0.05) is 9.13 Å². The van der Waals surface area contributed by atoms with Crippen LogP contribution < -0.4 is 0 Å². The van der Waals surface area contributed by atoms with Gasteiger partial charge in [0.1, 0.15) is 5.82 Å². The van der Waals surface area contributed by atoms with Crippen molar-refractivity contribution < 1.29 is 4.39 Å². The minimum Gasteiger partial charge on any atom is -0.207 e. The predicted molar refractivity (Wildman–Crippen MR) is 60.5 cm³/mol.